The fourth-order valence-electron chi connectivity index (χ4n) is 1.77. The monoisotopic (exact) mass is 232 g/mol. The second-order valence-electron chi connectivity index (χ2n) is 4.10. The standard InChI is InChI=1S/C12H16N4O/c1-8-10(7-15-16(8)2)12(17)5-9-6-14-4-3-11(9)13/h3-4,6-7,12,17H,5H2,1-2H3,(H2,13,14). The van der Waals surface area contributed by atoms with Crippen LogP contribution in [-0.2, 0) is 13.5 Å². The van der Waals surface area contributed by atoms with Crippen LogP contribution in [0, 0.1) is 6.92 Å². The quantitative estimate of drug-likeness (QED) is 0.827. The molecule has 2 heterocycles. The molecular formula is C12H16N4O. The smallest absolute Gasteiger partial charge is 0.0864 e. The predicted molar refractivity (Wildman–Crippen MR) is 65.3 cm³/mol. The summed E-state index contributed by atoms with van der Waals surface area (Å²) in [4.78, 5) is 4.01. The highest BCUT2D eigenvalue weighted by Gasteiger charge is 2.15. The Morgan fingerprint density at radius 3 is 2.82 bits per heavy atom. The lowest BCUT2D eigenvalue weighted by atomic mass is 10.0. The minimum absolute atomic E-state index is 0.451. The van der Waals surface area contributed by atoms with Gasteiger partial charge in [0.15, 0.2) is 0 Å². The lowest BCUT2D eigenvalue weighted by Gasteiger charge is -2.11. The van der Waals surface area contributed by atoms with E-state index < -0.39 is 6.10 Å². The summed E-state index contributed by atoms with van der Waals surface area (Å²) in [7, 11) is 1.85. The molecule has 0 spiro atoms. The van der Waals surface area contributed by atoms with Gasteiger partial charge in [0, 0.05) is 42.8 Å². The van der Waals surface area contributed by atoms with Gasteiger partial charge in [-0.3, -0.25) is 9.67 Å². The maximum Gasteiger partial charge on any atom is 0.0864 e. The lowest BCUT2D eigenvalue weighted by Crippen LogP contribution is -2.06. The van der Waals surface area contributed by atoms with Crippen molar-refractivity contribution in [3.8, 4) is 0 Å². The van der Waals surface area contributed by atoms with Crippen LogP contribution in [-0.4, -0.2) is 19.9 Å². The average molecular weight is 232 g/mol. The number of aliphatic hydroxyl groups excluding tert-OH is 1. The van der Waals surface area contributed by atoms with Crippen molar-refractivity contribution >= 4 is 5.69 Å². The second-order valence-corrected chi connectivity index (χ2v) is 4.10. The molecule has 17 heavy (non-hydrogen) atoms. The molecule has 0 bridgehead atoms. The third-order valence-electron chi connectivity index (χ3n) is 2.99. The summed E-state index contributed by atoms with van der Waals surface area (Å²) in [5.74, 6) is 0. The molecule has 0 amide bonds. The molecule has 1 unspecified atom stereocenters. The Balaban J connectivity index is 2.20. The van der Waals surface area contributed by atoms with Gasteiger partial charge in [0.25, 0.3) is 0 Å². The van der Waals surface area contributed by atoms with Gasteiger partial charge in [0.05, 0.1) is 12.3 Å². The molecule has 0 aliphatic rings. The Morgan fingerprint density at radius 1 is 1.47 bits per heavy atom. The van der Waals surface area contributed by atoms with Crippen molar-refractivity contribution in [2.75, 3.05) is 5.73 Å². The highest BCUT2D eigenvalue weighted by molar-refractivity contribution is 5.45. The lowest BCUT2D eigenvalue weighted by molar-refractivity contribution is 0.177. The van der Waals surface area contributed by atoms with Crippen LogP contribution in [0.15, 0.2) is 24.7 Å². The van der Waals surface area contributed by atoms with Crippen LogP contribution in [0.4, 0.5) is 5.69 Å². The summed E-state index contributed by atoms with van der Waals surface area (Å²) in [5.41, 5.74) is 9.11. The molecule has 0 aliphatic heterocycles. The highest BCUT2D eigenvalue weighted by Crippen LogP contribution is 2.22. The van der Waals surface area contributed by atoms with Gasteiger partial charge in [-0.05, 0) is 18.6 Å². The van der Waals surface area contributed by atoms with E-state index >= 15 is 0 Å². The topological polar surface area (TPSA) is 77.0 Å². The van der Waals surface area contributed by atoms with E-state index in [2.05, 4.69) is 10.1 Å². The van der Waals surface area contributed by atoms with Crippen LogP contribution in [0.1, 0.15) is 22.9 Å². The zero-order chi connectivity index (χ0) is 12.4. The Labute approximate surface area is 99.9 Å². The number of nitrogens with two attached hydrogens (primary N) is 1. The summed E-state index contributed by atoms with van der Waals surface area (Å²) in [6.07, 6.45) is 4.86. The van der Waals surface area contributed by atoms with Gasteiger partial charge in [0.1, 0.15) is 0 Å². The fraction of sp³-hybridized carbons (Fsp3) is 0.333. The van der Waals surface area contributed by atoms with Gasteiger partial charge in [-0.25, -0.2) is 0 Å². The largest absolute Gasteiger partial charge is 0.398 e. The Bertz CT molecular complexity index is 521. The number of pyridine rings is 1. The molecule has 0 aliphatic carbocycles. The SMILES string of the molecule is Cc1c(C(O)Cc2cnccc2N)cnn1C. The molecule has 0 fully saturated rings. The molecule has 2 rings (SSSR count). The molecule has 0 radical (unpaired) electrons. The number of anilines is 1. The van der Waals surface area contributed by atoms with Crippen LogP contribution < -0.4 is 5.73 Å². The van der Waals surface area contributed by atoms with Gasteiger partial charge in [0.2, 0.25) is 0 Å². The summed E-state index contributed by atoms with van der Waals surface area (Å²) in [5, 5.41) is 14.3. The third kappa shape index (κ3) is 2.29. The van der Waals surface area contributed by atoms with Gasteiger partial charge >= 0.3 is 0 Å². The molecule has 2 aromatic rings. The predicted octanol–water partition coefficient (Wildman–Crippen LogP) is 0.982. The number of aliphatic hydroxyl groups is 1. The van der Waals surface area contributed by atoms with Gasteiger partial charge < -0.3 is 10.8 Å². The van der Waals surface area contributed by atoms with Crippen molar-refractivity contribution < 1.29 is 5.11 Å². The van der Waals surface area contributed by atoms with E-state index in [4.69, 9.17) is 5.73 Å². The van der Waals surface area contributed by atoms with Crippen molar-refractivity contribution in [3.63, 3.8) is 0 Å². The molecule has 1 atom stereocenters. The van der Waals surface area contributed by atoms with E-state index in [9.17, 15) is 5.11 Å². The van der Waals surface area contributed by atoms with E-state index in [1.807, 2.05) is 14.0 Å². The maximum atomic E-state index is 10.2. The molecule has 3 N–H and O–H groups in total. The Morgan fingerprint density at radius 2 is 2.24 bits per heavy atom. The Kier molecular flexibility index (Phi) is 3.10. The number of aryl methyl sites for hydroxylation is 1. The van der Waals surface area contributed by atoms with Crippen molar-refractivity contribution in [3.05, 3.63) is 41.5 Å². The van der Waals surface area contributed by atoms with Crippen LogP contribution in [0.3, 0.4) is 0 Å². The van der Waals surface area contributed by atoms with Gasteiger partial charge in [-0.15, -0.1) is 0 Å². The first kappa shape index (κ1) is 11.6. The number of nitrogen functional groups attached to an aromatic ring is 1. The molecule has 0 aromatic carbocycles. The first-order chi connectivity index (χ1) is 8.09. The number of nitrogens with zero attached hydrogens (tertiary/aromatic N) is 3. The minimum Gasteiger partial charge on any atom is -0.398 e. The maximum absolute atomic E-state index is 10.2. The van der Waals surface area contributed by atoms with Crippen molar-refractivity contribution in [1.82, 2.24) is 14.8 Å². The van der Waals surface area contributed by atoms with E-state index in [0.29, 0.717) is 12.1 Å². The molecule has 2 aromatic heterocycles. The van der Waals surface area contributed by atoms with Gasteiger partial charge in [-0.2, -0.15) is 5.10 Å². The number of hydrogen-bond acceptors (Lipinski definition) is 4. The molecular weight excluding hydrogens is 216 g/mol. The summed E-state index contributed by atoms with van der Waals surface area (Å²) < 4.78 is 1.74. The van der Waals surface area contributed by atoms with Crippen LogP contribution in [0.5, 0.6) is 0 Å². The summed E-state index contributed by atoms with van der Waals surface area (Å²) in [6, 6.07) is 1.73. The van der Waals surface area contributed by atoms with E-state index in [0.717, 1.165) is 16.8 Å². The van der Waals surface area contributed by atoms with Crippen molar-refractivity contribution in [2.24, 2.45) is 7.05 Å². The molecule has 0 saturated carbocycles. The van der Waals surface area contributed by atoms with Crippen molar-refractivity contribution in [2.45, 2.75) is 19.4 Å². The van der Waals surface area contributed by atoms with E-state index in [-0.39, 0.29) is 0 Å². The number of hydrogen-bond donors (Lipinski definition) is 2. The number of aromatic nitrogens is 3. The zero-order valence-electron chi connectivity index (χ0n) is 9.96. The molecule has 5 nitrogen and oxygen atoms in total. The number of rotatable bonds is 3. The normalized spacial score (nSPS) is 12.6. The highest BCUT2D eigenvalue weighted by atomic mass is 16.3. The van der Waals surface area contributed by atoms with E-state index in [1.54, 1.807) is 29.3 Å². The molecule has 90 valence electrons. The van der Waals surface area contributed by atoms with Gasteiger partial charge in [-0.1, -0.05) is 0 Å². The average Bonchev–Trinajstić information content (AvgIpc) is 2.63. The first-order valence-electron chi connectivity index (χ1n) is 5.44. The third-order valence-corrected chi connectivity index (χ3v) is 2.99. The molecule has 5 heteroatoms. The van der Waals surface area contributed by atoms with E-state index in [1.165, 1.54) is 0 Å². The fourth-order valence-corrected chi connectivity index (χ4v) is 1.77. The minimum atomic E-state index is -0.602. The van der Waals surface area contributed by atoms with Crippen LogP contribution in [0.25, 0.3) is 0 Å². The first-order valence-corrected chi connectivity index (χ1v) is 5.44. The van der Waals surface area contributed by atoms with Crippen LogP contribution >= 0.6 is 0 Å². The van der Waals surface area contributed by atoms with Crippen molar-refractivity contribution in [1.29, 1.82) is 0 Å². The molecule has 0 saturated heterocycles. The Hall–Kier alpha value is -1.88. The summed E-state index contributed by atoms with van der Waals surface area (Å²) >= 11 is 0. The zero-order valence-corrected chi connectivity index (χ0v) is 9.96. The summed E-state index contributed by atoms with van der Waals surface area (Å²) in [6.45, 7) is 1.93. The second kappa shape index (κ2) is 4.55. The van der Waals surface area contributed by atoms with Crippen LogP contribution in [0.2, 0.25) is 0 Å².